The molecule has 0 bridgehead atoms. The van der Waals surface area contributed by atoms with Crippen molar-refractivity contribution < 1.29 is 37.8 Å². The largest absolute Gasteiger partial charge is 0.449 e. The number of thiol groups is 1. The van der Waals surface area contributed by atoms with Gasteiger partial charge >= 0.3 is 5.97 Å². The summed E-state index contributed by atoms with van der Waals surface area (Å²) >= 11 is 4.11. The summed E-state index contributed by atoms with van der Waals surface area (Å²) in [6, 6.07) is 0. The van der Waals surface area contributed by atoms with Crippen LogP contribution in [0.4, 0.5) is 8.78 Å². The van der Waals surface area contributed by atoms with Crippen LogP contribution in [0, 0.1) is 34.5 Å². The Morgan fingerprint density at radius 2 is 1.83 bits per heavy atom. The number of Topliss-reactive ketones (excluding diaryl/α,β-unsaturated/α-hetero) is 1. The van der Waals surface area contributed by atoms with Gasteiger partial charge in [0.1, 0.15) is 12.0 Å². The van der Waals surface area contributed by atoms with E-state index in [0.29, 0.717) is 0 Å². The van der Waals surface area contributed by atoms with Gasteiger partial charge in [-0.3, -0.25) is 19.2 Å². The number of hydrogen-bond donors (Lipinski definition) is 2. The summed E-state index contributed by atoms with van der Waals surface area (Å²) in [7, 11) is 0. The van der Waals surface area contributed by atoms with E-state index >= 15 is 8.78 Å². The zero-order valence-corrected chi connectivity index (χ0v) is 20.8. The number of carbonyl (C=O) groups is 4. The first-order valence-electron chi connectivity index (χ1n) is 12.2. The van der Waals surface area contributed by atoms with E-state index in [4.69, 9.17) is 4.74 Å². The molecule has 0 aliphatic heterocycles. The molecule has 5 rings (SSSR count). The van der Waals surface area contributed by atoms with Gasteiger partial charge in [-0.25, -0.2) is 8.78 Å². The molecule has 6 nitrogen and oxygen atoms in total. The molecule has 0 saturated heterocycles. The van der Waals surface area contributed by atoms with Crippen molar-refractivity contribution in [2.45, 2.75) is 76.4 Å². The van der Waals surface area contributed by atoms with E-state index in [1.807, 2.05) is 0 Å². The molecule has 0 spiro atoms. The molecule has 0 aromatic heterocycles. The van der Waals surface area contributed by atoms with Crippen LogP contribution >= 0.6 is 12.6 Å². The second-order valence-corrected chi connectivity index (χ2v) is 12.0. The first-order chi connectivity index (χ1) is 16.2. The molecule has 0 aromatic rings. The standard InChI is InChI=1S/C26H30F2O6S/c1-12-6-16-17-10-19(27)18-9-14(29)4-5-23(18,2)25(17,28)20(31)11-24(16,3)26(12,22(33)35)34-21(32)13-7-15(30)8-13/h4-5,9,12-13,16-17,19-20,31H,6-8,10-11H2,1-3H3,(H,33,35)/t12-,16+,17+,19+,20+,23+,24+,25+,26-/m1/s1. The van der Waals surface area contributed by atoms with Gasteiger partial charge in [0.25, 0.3) is 0 Å². The Bertz CT molecular complexity index is 1100. The van der Waals surface area contributed by atoms with Gasteiger partial charge in [0.15, 0.2) is 17.1 Å². The van der Waals surface area contributed by atoms with Gasteiger partial charge in [-0.05, 0) is 49.8 Å². The average molecular weight is 509 g/mol. The minimum atomic E-state index is -2.29. The number of allylic oxidation sites excluding steroid dienone is 4. The number of aliphatic hydroxyl groups excluding tert-OH is 1. The molecule has 1 N–H and O–H groups in total. The van der Waals surface area contributed by atoms with Crippen molar-refractivity contribution in [1.29, 1.82) is 0 Å². The molecule has 4 fully saturated rings. The Hall–Kier alpha value is -1.87. The number of esters is 1. The van der Waals surface area contributed by atoms with Gasteiger partial charge in [0, 0.05) is 35.5 Å². The Kier molecular flexibility index (Phi) is 5.37. The van der Waals surface area contributed by atoms with Crippen LogP contribution in [0.25, 0.3) is 0 Å². The summed E-state index contributed by atoms with van der Waals surface area (Å²) in [4.78, 5) is 49.4. The van der Waals surface area contributed by atoms with Crippen molar-refractivity contribution in [3.8, 4) is 0 Å². The number of hydrogen-bond acceptors (Lipinski definition) is 6. The van der Waals surface area contributed by atoms with Gasteiger partial charge < -0.3 is 9.84 Å². The molecule has 5 aliphatic rings. The minimum absolute atomic E-state index is 0.0232. The van der Waals surface area contributed by atoms with E-state index in [2.05, 4.69) is 12.6 Å². The van der Waals surface area contributed by atoms with Gasteiger partial charge in [0.05, 0.1) is 12.0 Å². The lowest BCUT2D eigenvalue weighted by molar-refractivity contribution is -0.230. The third-order valence-corrected chi connectivity index (χ3v) is 10.4. The minimum Gasteiger partial charge on any atom is -0.449 e. The van der Waals surface area contributed by atoms with Crippen LogP contribution < -0.4 is 0 Å². The third kappa shape index (κ3) is 2.91. The van der Waals surface area contributed by atoms with Crippen molar-refractivity contribution in [2.24, 2.45) is 34.5 Å². The molecule has 9 atom stereocenters. The maximum Gasteiger partial charge on any atom is 0.310 e. The van der Waals surface area contributed by atoms with E-state index in [0.717, 1.165) is 6.08 Å². The van der Waals surface area contributed by atoms with Crippen molar-refractivity contribution >= 4 is 35.3 Å². The normalized spacial score (nSPS) is 48.9. The van der Waals surface area contributed by atoms with Crippen LogP contribution in [0.1, 0.15) is 52.9 Å². The van der Waals surface area contributed by atoms with Crippen molar-refractivity contribution in [2.75, 3.05) is 0 Å². The first-order valence-corrected chi connectivity index (χ1v) is 12.6. The molecule has 0 radical (unpaired) electrons. The van der Waals surface area contributed by atoms with Crippen molar-refractivity contribution in [3.63, 3.8) is 0 Å². The Balaban J connectivity index is 1.59. The molecule has 35 heavy (non-hydrogen) atoms. The number of fused-ring (bicyclic) bond motifs is 5. The summed E-state index contributed by atoms with van der Waals surface area (Å²) in [5, 5.41) is 10.7. The molecule has 4 saturated carbocycles. The quantitative estimate of drug-likeness (QED) is 0.449. The van der Waals surface area contributed by atoms with Crippen LogP contribution in [0.15, 0.2) is 23.8 Å². The number of aliphatic hydroxyl groups is 1. The van der Waals surface area contributed by atoms with Gasteiger partial charge in [-0.15, -0.1) is 12.6 Å². The van der Waals surface area contributed by atoms with Gasteiger partial charge in [0.2, 0.25) is 5.12 Å². The van der Waals surface area contributed by atoms with Crippen LogP contribution in [0.2, 0.25) is 0 Å². The molecule has 5 aliphatic carbocycles. The smallest absolute Gasteiger partial charge is 0.310 e. The van der Waals surface area contributed by atoms with Crippen molar-refractivity contribution in [1.82, 2.24) is 0 Å². The van der Waals surface area contributed by atoms with Crippen LogP contribution in [-0.4, -0.2) is 51.3 Å². The summed E-state index contributed by atoms with van der Waals surface area (Å²) in [6.45, 7) is 4.93. The van der Waals surface area contributed by atoms with Crippen molar-refractivity contribution in [3.05, 3.63) is 23.8 Å². The molecule has 0 amide bonds. The van der Waals surface area contributed by atoms with E-state index in [1.54, 1.807) is 13.8 Å². The number of halogens is 2. The third-order valence-electron chi connectivity index (χ3n) is 10.0. The Labute approximate surface area is 207 Å². The fourth-order valence-electron chi connectivity index (χ4n) is 8.14. The predicted octanol–water partition coefficient (Wildman–Crippen LogP) is 3.27. The number of rotatable bonds is 3. The lowest BCUT2D eigenvalue weighted by Gasteiger charge is -2.63. The second-order valence-electron chi connectivity index (χ2n) is 11.6. The zero-order valence-electron chi connectivity index (χ0n) is 19.9. The van der Waals surface area contributed by atoms with Gasteiger partial charge in [-0.2, -0.15) is 0 Å². The number of ether oxygens (including phenoxy) is 1. The number of ketones is 2. The lowest BCUT2D eigenvalue weighted by Crippen LogP contribution is -2.70. The van der Waals surface area contributed by atoms with Gasteiger partial charge in [-0.1, -0.05) is 19.9 Å². The summed E-state index contributed by atoms with van der Waals surface area (Å²) < 4.78 is 38.7. The highest BCUT2D eigenvalue weighted by Gasteiger charge is 2.78. The highest BCUT2D eigenvalue weighted by molar-refractivity contribution is 7.96. The maximum atomic E-state index is 17.2. The van der Waals surface area contributed by atoms with E-state index in [1.165, 1.54) is 19.1 Å². The second kappa shape index (κ2) is 7.57. The summed E-state index contributed by atoms with van der Waals surface area (Å²) in [5.74, 6) is -3.96. The molecule has 0 heterocycles. The number of alkyl halides is 2. The Morgan fingerprint density at radius 3 is 2.43 bits per heavy atom. The fraction of sp³-hybridized carbons (Fsp3) is 0.692. The topological polar surface area (TPSA) is 97.7 Å². The first kappa shape index (κ1) is 24.8. The molecule has 190 valence electrons. The Morgan fingerprint density at radius 1 is 1.17 bits per heavy atom. The van der Waals surface area contributed by atoms with E-state index < -0.39 is 74.9 Å². The van der Waals surface area contributed by atoms with E-state index in [9.17, 15) is 24.3 Å². The van der Waals surface area contributed by atoms with Crippen LogP contribution in [0.5, 0.6) is 0 Å². The highest BCUT2D eigenvalue weighted by atomic mass is 32.1. The van der Waals surface area contributed by atoms with Crippen LogP contribution in [-0.2, 0) is 23.9 Å². The van der Waals surface area contributed by atoms with Crippen LogP contribution in [0.3, 0.4) is 0 Å². The summed E-state index contributed by atoms with van der Waals surface area (Å²) in [6.07, 6.45) is 0.378. The average Bonchev–Trinajstić information content (AvgIpc) is 2.97. The number of carbonyl (C=O) groups excluding carboxylic acids is 4. The molecule has 9 heteroatoms. The molecule has 0 aromatic carbocycles. The molecular weight excluding hydrogens is 478 g/mol. The molecular formula is C26H30F2O6S. The maximum absolute atomic E-state index is 17.2. The lowest BCUT2D eigenvalue weighted by atomic mass is 9.44. The predicted molar refractivity (Wildman–Crippen MR) is 124 cm³/mol. The van der Waals surface area contributed by atoms with E-state index in [-0.39, 0.29) is 43.5 Å². The zero-order chi connectivity index (χ0) is 25.7. The molecule has 0 unspecified atom stereocenters. The monoisotopic (exact) mass is 508 g/mol. The fourth-order valence-corrected chi connectivity index (χ4v) is 8.66. The SMILES string of the molecule is C[C@@H]1C[C@H]2[C@@H]3C[C@H](F)C4=CC(=O)C=C[C@]4(C)[C@@]3(F)[C@@H](O)C[C@]2(C)[C@]1(OC(=O)C1CC(=O)C1)C(=O)S. The summed E-state index contributed by atoms with van der Waals surface area (Å²) in [5.41, 5.74) is -6.76. The highest BCUT2D eigenvalue weighted by Crippen LogP contribution is 2.71.